The zero-order valence-corrected chi connectivity index (χ0v) is 16.1. The van der Waals surface area contributed by atoms with E-state index in [1.807, 2.05) is 19.1 Å². The van der Waals surface area contributed by atoms with E-state index in [0.717, 1.165) is 16.6 Å². The van der Waals surface area contributed by atoms with E-state index in [2.05, 4.69) is 15.3 Å². The van der Waals surface area contributed by atoms with Crippen molar-refractivity contribution in [2.24, 2.45) is 0 Å². The quantitative estimate of drug-likeness (QED) is 0.553. The number of hydrogen-bond acceptors (Lipinski definition) is 4. The predicted octanol–water partition coefficient (Wildman–Crippen LogP) is 3.54. The molecule has 7 nitrogen and oxygen atoms in total. The van der Waals surface area contributed by atoms with Gasteiger partial charge in [0.2, 0.25) is 11.9 Å². The highest BCUT2D eigenvalue weighted by atomic mass is 32.2. The Morgan fingerprint density at radius 3 is 2.57 bits per heavy atom. The maximum absolute atomic E-state index is 13.0. The second-order valence-corrected chi connectivity index (χ2v) is 8.26. The molecule has 0 aliphatic rings. The molecule has 2 heterocycles. The summed E-state index contributed by atoms with van der Waals surface area (Å²) in [5, 5.41) is 3.42. The minimum absolute atomic E-state index is 0.224. The molecular formula is C20H18N4O3S. The number of fused-ring (bicyclic) bond motifs is 1. The van der Waals surface area contributed by atoms with Crippen molar-refractivity contribution in [3.63, 3.8) is 0 Å². The smallest absolute Gasteiger partial charge is 0.268 e. The highest BCUT2D eigenvalue weighted by Crippen LogP contribution is 2.29. The number of aryl methyl sites for hydroxylation is 1. The number of carbonyl (C=O) groups is 1. The van der Waals surface area contributed by atoms with Gasteiger partial charge < -0.3 is 4.98 Å². The molecule has 2 N–H and O–H groups in total. The number of aromatic nitrogens is 3. The summed E-state index contributed by atoms with van der Waals surface area (Å²) in [6, 6.07) is 15.6. The van der Waals surface area contributed by atoms with Crippen LogP contribution in [-0.2, 0) is 14.8 Å². The third-order valence-electron chi connectivity index (χ3n) is 4.41. The largest absolute Gasteiger partial charge is 0.328 e. The van der Waals surface area contributed by atoms with Gasteiger partial charge in [-0.15, -0.1) is 0 Å². The Morgan fingerprint density at radius 2 is 1.86 bits per heavy atom. The SMILES string of the molecule is CC(=O)Nc1nc(-c2ccc3ccn(S(=O)(=O)c4ccccc4)c3c2)c(C)[nH]1. The highest BCUT2D eigenvalue weighted by Gasteiger charge is 2.19. The van der Waals surface area contributed by atoms with Gasteiger partial charge in [0, 0.05) is 29.8 Å². The predicted molar refractivity (Wildman–Crippen MR) is 108 cm³/mol. The van der Waals surface area contributed by atoms with Gasteiger partial charge in [0.15, 0.2) is 0 Å². The lowest BCUT2D eigenvalue weighted by atomic mass is 10.1. The number of H-pyrrole nitrogens is 1. The van der Waals surface area contributed by atoms with Crippen molar-refractivity contribution in [1.29, 1.82) is 0 Å². The van der Waals surface area contributed by atoms with Crippen molar-refractivity contribution in [3.05, 3.63) is 66.5 Å². The molecule has 0 aliphatic carbocycles. The zero-order chi connectivity index (χ0) is 19.9. The van der Waals surface area contributed by atoms with E-state index in [-0.39, 0.29) is 10.8 Å². The molecule has 8 heteroatoms. The molecule has 0 saturated carbocycles. The summed E-state index contributed by atoms with van der Waals surface area (Å²) >= 11 is 0. The molecular weight excluding hydrogens is 376 g/mol. The monoisotopic (exact) mass is 394 g/mol. The van der Waals surface area contributed by atoms with Gasteiger partial charge in [0.1, 0.15) is 0 Å². The lowest BCUT2D eigenvalue weighted by molar-refractivity contribution is -0.114. The summed E-state index contributed by atoms with van der Waals surface area (Å²) in [5.74, 6) is 0.131. The van der Waals surface area contributed by atoms with Crippen LogP contribution in [0.3, 0.4) is 0 Å². The lowest BCUT2D eigenvalue weighted by Gasteiger charge is -2.08. The number of carbonyl (C=O) groups excluding carboxylic acids is 1. The van der Waals surface area contributed by atoms with E-state index in [1.165, 1.54) is 10.9 Å². The molecule has 0 saturated heterocycles. The molecule has 0 unspecified atom stereocenters. The van der Waals surface area contributed by atoms with Gasteiger partial charge in [-0.1, -0.05) is 30.3 Å². The highest BCUT2D eigenvalue weighted by molar-refractivity contribution is 7.90. The number of benzene rings is 2. The van der Waals surface area contributed by atoms with Crippen LogP contribution < -0.4 is 5.32 Å². The second-order valence-electron chi connectivity index (χ2n) is 6.44. The van der Waals surface area contributed by atoms with E-state index in [9.17, 15) is 13.2 Å². The third-order valence-corrected chi connectivity index (χ3v) is 6.11. The molecule has 0 radical (unpaired) electrons. The van der Waals surface area contributed by atoms with Gasteiger partial charge in [0.25, 0.3) is 10.0 Å². The first-order chi connectivity index (χ1) is 13.4. The van der Waals surface area contributed by atoms with Crippen LogP contribution in [0.15, 0.2) is 65.7 Å². The van der Waals surface area contributed by atoms with Gasteiger partial charge in [0.05, 0.1) is 16.1 Å². The second kappa shape index (κ2) is 6.65. The molecule has 0 atom stereocenters. The molecule has 2 aromatic heterocycles. The number of anilines is 1. The summed E-state index contributed by atoms with van der Waals surface area (Å²) < 4.78 is 27.4. The van der Waals surface area contributed by atoms with Crippen LogP contribution in [0, 0.1) is 6.92 Å². The van der Waals surface area contributed by atoms with Crippen molar-refractivity contribution in [2.75, 3.05) is 5.32 Å². The summed E-state index contributed by atoms with van der Waals surface area (Å²) in [6.45, 7) is 3.25. The maximum Gasteiger partial charge on any atom is 0.268 e. The minimum Gasteiger partial charge on any atom is -0.328 e. The van der Waals surface area contributed by atoms with Crippen LogP contribution in [0.1, 0.15) is 12.6 Å². The zero-order valence-electron chi connectivity index (χ0n) is 15.3. The van der Waals surface area contributed by atoms with Gasteiger partial charge >= 0.3 is 0 Å². The van der Waals surface area contributed by atoms with Crippen molar-refractivity contribution >= 4 is 32.8 Å². The molecule has 142 valence electrons. The van der Waals surface area contributed by atoms with E-state index >= 15 is 0 Å². The Morgan fingerprint density at radius 1 is 1.11 bits per heavy atom. The molecule has 0 fully saturated rings. The van der Waals surface area contributed by atoms with Crippen LogP contribution in [0.5, 0.6) is 0 Å². The lowest BCUT2D eigenvalue weighted by Crippen LogP contribution is -2.11. The number of nitrogens with one attached hydrogen (secondary N) is 2. The molecule has 0 spiro atoms. The Labute approximate surface area is 162 Å². The van der Waals surface area contributed by atoms with Crippen molar-refractivity contribution in [1.82, 2.24) is 13.9 Å². The molecule has 28 heavy (non-hydrogen) atoms. The first-order valence-corrected chi connectivity index (χ1v) is 10.1. The Balaban J connectivity index is 1.84. The van der Waals surface area contributed by atoms with Gasteiger partial charge in [-0.3, -0.25) is 10.1 Å². The van der Waals surface area contributed by atoms with Crippen molar-refractivity contribution in [2.45, 2.75) is 18.7 Å². The number of imidazole rings is 1. The fourth-order valence-electron chi connectivity index (χ4n) is 3.13. The van der Waals surface area contributed by atoms with E-state index < -0.39 is 10.0 Å². The summed E-state index contributed by atoms with van der Waals surface area (Å²) in [7, 11) is -3.71. The number of aromatic amines is 1. The minimum atomic E-state index is -3.71. The molecule has 0 bridgehead atoms. The Hall–Kier alpha value is -3.39. The topological polar surface area (TPSA) is 96.8 Å². The normalized spacial score (nSPS) is 11.6. The van der Waals surface area contributed by atoms with Crippen molar-refractivity contribution in [3.8, 4) is 11.3 Å². The van der Waals surface area contributed by atoms with Crippen LogP contribution in [0.4, 0.5) is 5.95 Å². The number of hydrogen-bond donors (Lipinski definition) is 2. The summed E-state index contributed by atoms with van der Waals surface area (Å²) in [5.41, 5.74) is 2.73. The Kier molecular flexibility index (Phi) is 4.27. The van der Waals surface area contributed by atoms with E-state index in [1.54, 1.807) is 48.7 Å². The molecule has 2 aromatic carbocycles. The van der Waals surface area contributed by atoms with Crippen LogP contribution in [0.25, 0.3) is 22.2 Å². The molecule has 0 aliphatic heterocycles. The maximum atomic E-state index is 13.0. The molecule has 4 aromatic rings. The van der Waals surface area contributed by atoms with Crippen LogP contribution in [0.2, 0.25) is 0 Å². The summed E-state index contributed by atoms with van der Waals surface area (Å²) in [6.07, 6.45) is 1.55. The number of rotatable bonds is 4. The first-order valence-electron chi connectivity index (χ1n) is 8.62. The fraction of sp³-hybridized carbons (Fsp3) is 0.100. The molecule has 4 rings (SSSR count). The van der Waals surface area contributed by atoms with Crippen molar-refractivity contribution < 1.29 is 13.2 Å². The van der Waals surface area contributed by atoms with E-state index in [4.69, 9.17) is 0 Å². The average Bonchev–Trinajstić information content (AvgIpc) is 3.25. The number of nitrogens with zero attached hydrogens (tertiary/aromatic N) is 2. The van der Waals surface area contributed by atoms with Gasteiger partial charge in [-0.25, -0.2) is 17.4 Å². The number of amides is 1. The van der Waals surface area contributed by atoms with Gasteiger partial charge in [-0.2, -0.15) is 0 Å². The molecule has 1 amide bonds. The first kappa shape index (κ1) is 18.0. The summed E-state index contributed by atoms with van der Waals surface area (Å²) in [4.78, 5) is 18.9. The van der Waals surface area contributed by atoms with E-state index in [0.29, 0.717) is 17.2 Å². The van der Waals surface area contributed by atoms with Crippen LogP contribution >= 0.6 is 0 Å². The third kappa shape index (κ3) is 3.07. The standard InChI is InChI=1S/C20H18N4O3S/c1-13-19(23-20(21-13)22-14(2)25)16-9-8-15-10-11-24(18(15)12-16)28(26,27)17-6-4-3-5-7-17/h3-12H,1-2H3,(H2,21,22,23,25). The Bertz CT molecular complexity index is 1290. The van der Waals surface area contributed by atoms with Crippen LogP contribution in [-0.4, -0.2) is 28.3 Å². The van der Waals surface area contributed by atoms with Gasteiger partial charge in [-0.05, 0) is 31.2 Å². The fourth-order valence-corrected chi connectivity index (χ4v) is 4.50. The average molecular weight is 394 g/mol.